The lowest BCUT2D eigenvalue weighted by atomic mass is 10.1. The highest BCUT2D eigenvalue weighted by Gasteiger charge is 2.39. The zero-order valence-electron chi connectivity index (χ0n) is 16.1. The lowest BCUT2D eigenvalue weighted by Crippen LogP contribution is -2.41. The molecule has 3 rings (SSSR count). The van der Waals surface area contributed by atoms with Gasteiger partial charge in [0.2, 0.25) is 0 Å². The van der Waals surface area contributed by atoms with E-state index in [-0.39, 0.29) is 10.9 Å². The molecule has 0 amide bonds. The molecule has 1 aromatic carbocycles. The van der Waals surface area contributed by atoms with Crippen molar-refractivity contribution in [2.24, 2.45) is 0 Å². The molecule has 0 aliphatic carbocycles. The highest BCUT2D eigenvalue weighted by molar-refractivity contribution is 6.74. The second-order valence-electron chi connectivity index (χ2n) is 8.76. The Morgan fingerprint density at radius 2 is 1.88 bits per heavy atom. The molecule has 5 heteroatoms. The second kappa shape index (κ2) is 6.36. The number of imidazole rings is 1. The fourth-order valence-electron chi connectivity index (χ4n) is 3.12. The summed E-state index contributed by atoms with van der Waals surface area (Å²) in [6, 6.07) is 6.89. The predicted octanol–water partition coefficient (Wildman–Crippen LogP) is 5.76. The van der Waals surface area contributed by atoms with Gasteiger partial charge in [0.05, 0.1) is 18.3 Å². The maximum atomic E-state index is 13.2. The Hall–Kier alpha value is -1.46. The first kappa shape index (κ1) is 18.3. The quantitative estimate of drug-likeness (QED) is 0.648. The van der Waals surface area contributed by atoms with E-state index in [0.717, 1.165) is 30.1 Å². The molecule has 0 fully saturated rings. The fraction of sp³-hybridized carbons (Fsp3) is 0.550. The lowest BCUT2D eigenvalue weighted by Gasteiger charge is -2.37. The molecule has 0 bridgehead atoms. The third-order valence-corrected chi connectivity index (χ3v) is 10.3. The molecular formula is C20H29FN2OSi. The first-order chi connectivity index (χ1) is 11.6. The van der Waals surface area contributed by atoms with Gasteiger partial charge in [-0.05, 0) is 48.8 Å². The first-order valence-corrected chi connectivity index (χ1v) is 12.0. The molecule has 3 nitrogen and oxygen atoms in total. The van der Waals surface area contributed by atoms with Crippen LogP contribution in [0.3, 0.4) is 0 Å². The van der Waals surface area contributed by atoms with Crippen molar-refractivity contribution in [1.82, 2.24) is 9.55 Å². The van der Waals surface area contributed by atoms with E-state index in [1.807, 2.05) is 0 Å². The zero-order chi connectivity index (χ0) is 18.4. The van der Waals surface area contributed by atoms with Crippen LogP contribution in [-0.2, 0) is 4.43 Å². The maximum Gasteiger partial charge on any atom is 0.192 e. The number of benzene rings is 1. The van der Waals surface area contributed by atoms with Crippen molar-refractivity contribution in [2.75, 3.05) is 6.61 Å². The van der Waals surface area contributed by atoms with E-state index in [2.05, 4.69) is 51.6 Å². The number of hydrogen-bond acceptors (Lipinski definition) is 2. The van der Waals surface area contributed by atoms with Crippen molar-refractivity contribution in [3.05, 3.63) is 42.1 Å². The normalized spacial score (nSPS) is 20.8. The minimum atomic E-state index is -1.75. The first-order valence-electron chi connectivity index (χ1n) is 9.07. The standard InChI is InChI=1S/C20H29FN2OSi/c1-14-11-17(13-24-25(5,6)20(2,3)4)23-12-18(22-19(14)23)15-7-9-16(21)10-8-15/h7-10,12,14,17H,11,13H2,1-6H3/t14-,17-/m0/s1. The summed E-state index contributed by atoms with van der Waals surface area (Å²) >= 11 is 0. The summed E-state index contributed by atoms with van der Waals surface area (Å²) in [5.74, 6) is 1.31. The number of aromatic nitrogens is 2. The van der Waals surface area contributed by atoms with E-state index in [1.54, 1.807) is 12.1 Å². The Morgan fingerprint density at radius 3 is 2.48 bits per heavy atom. The van der Waals surface area contributed by atoms with Gasteiger partial charge in [-0.15, -0.1) is 0 Å². The van der Waals surface area contributed by atoms with Gasteiger partial charge in [-0.3, -0.25) is 0 Å². The summed E-state index contributed by atoms with van der Waals surface area (Å²) in [5, 5.41) is 0.217. The Bertz CT molecular complexity index is 746. The third-order valence-electron chi connectivity index (χ3n) is 5.80. The largest absolute Gasteiger partial charge is 0.415 e. The predicted molar refractivity (Wildman–Crippen MR) is 103 cm³/mol. The third kappa shape index (κ3) is 3.58. The van der Waals surface area contributed by atoms with Crippen LogP contribution in [0.15, 0.2) is 30.5 Å². The SMILES string of the molecule is C[C@H]1C[C@@H](CO[Si](C)(C)C(C)(C)C)n2cc(-c3ccc(F)cc3)nc21. The summed E-state index contributed by atoms with van der Waals surface area (Å²) in [6.45, 7) is 14.4. The van der Waals surface area contributed by atoms with Crippen LogP contribution in [0.25, 0.3) is 11.3 Å². The number of fused-ring (bicyclic) bond motifs is 1. The van der Waals surface area contributed by atoms with Crippen molar-refractivity contribution < 1.29 is 8.82 Å². The van der Waals surface area contributed by atoms with Crippen molar-refractivity contribution in [3.8, 4) is 11.3 Å². The summed E-state index contributed by atoms with van der Waals surface area (Å²) in [6.07, 6.45) is 3.17. The topological polar surface area (TPSA) is 27.1 Å². The number of hydrogen-bond donors (Lipinski definition) is 0. The van der Waals surface area contributed by atoms with Gasteiger partial charge < -0.3 is 8.99 Å². The van der Waals surface area contributed by atoms with E-state index in [4.69, 9.17) is 9.41 Å². The molecule has 0 saturated carbocycles. The van der Waals surface area contributed by atoms with Crippen molar-refractivity contribution in [1.29, 1.82) is 0 Å². The average Bonchev–Trinajstić information content (AvgIpc) is 3.06. The van der Waals surface area contributed by atoms with Crippen LogP contribution >= 0.6 is 0 Å². The molecule has 0 radical (unpaired) electrons. The summed E-state index contributed by atoms with van der Waals surface area (Å²) in [5.41, 5.74) is 1.87. The minimum Gasteiger partial charge on any atom is -0.415 e. The van der Waals surface area contributed by atoms with Gasteiger partial charge >= 0.3 is 0 Å². The molecule has 0 spiro atoms. The Labute approximate surface area is 151 Å². The van der Waals surface area contributed by atoms with Gasteiger partial charge in [-0.1, -0.05) is 27.7 Å². The van der Waals surface area contributed by atoms with Crippen LogP contribution in [0.1, 0.15) is 51.9 Å². The molecule has 25 heavy (non-hydrogen) atoms. The van der Waals surface area contributed by atoms with Gasteiger partial charge in [0.1, 0.15) is 11.6 Å². The maximum absolute atomic E-state index is 13.2. The summed E-state index contributed by atoms with van der Waals surface area (Å²) in [4.78, 5) is 4.81. The molecule has 136 valence electrons. The summed E-state index contributed by atoms with van der Waals surface area (Å²) < 4.78 is 21.9. The van der Waals surface area contributed by atoms with Crippen molar-refractivity contribution in [2.45, 2.75) is 64.2 Å². The lowest BCUT2D eigenvalue weighted by molar-refractivity contribution is 0.231. The highest BCUT2D eigenvalue weighted by Crippen LogP contribution is 2.40. The van der Waals surface area contributed by atoms with Gasteiger partial charge in [-0.25, -0.2) is 9.37 Å². The molecule has 2 heterocycles. The number of halogens is 1. The second-order valence-corrected chi connectivity index (χ2v) is 13.6. The molecule has 0 saturated heterocycles. The Kier molecular flexibility index (Phi) is 4.66. The monoisotopic (exact) mass is 360 g/mol. The van der Waals surface area contributed by atoms with Gasteiger partial charge in [-0.2, -0.15) is 0 Å². The van der Waals surface area contributed by atoms with Crippen molar-refractivity contribution in [3.63, 3.8) is 0 Å². The fourth-order valence-corrected chi connectivity index (χ4v) is 4.16. The van der Waals surface area contributed by atoms with Crippen LogP contribution < -0.4 is 0 Å². The molecule has 1 aliphatic heterocycles. The number of rotatable bonds is 4. The molecule has 2 aromatic rings. The van der Waals surface area contributed by atoms with E-state index in [9.17, 15) is 4.39 Å². The Morgan fingerprint density at radius 1 is 1.24 bits per heavy atom. The van der Waals surface area contributed by atoms with Crippen LogP contribution in [0, 0.1) is 5.82 Å². The van der Waals surface area contributed by atoms with Crippen LogP contribution in [0.2, 0.25) is 18.1 Å². The van der Waals surface area contributed by atoms with Gasteiger partial charge in [0.15, 0.2) is 8.32 Å². The van der Waals surface area contributed by atoms with Crippen LogP contribution in [0.4, 0.5) is 4.39 Å². The number of nitrogens with zero attached hydrogens (tertiary/aromatic N) is 2. The van der Waals surface area contributed by atoms with E-state index < -0.39 is 8.32 Å². The smallest absolute Gasteiger partial charge is 0.192 e. The molecular weight excluding hydrogens is 331 g/mol. The molecule has 2 atom stereocenters. The minimum absolute atomic E-state index is 0.217. The van der Waals surface area contributed by atoms with E-state index >= 15 is 0 Å². The van der Waals surface area contributed by atoms with E-state index in [1.165, 1.54) is 12.1 Å². The van der Waals surface area contributed by atoms with Crippen LogP contribution in [0.5, 0.6) is 0 Å². The highest BCUT2D eigenvalue weighted by atomic mass is 28.4. The van der Waals surface area contributed by atoms with Crippen LogP contribution in [-0.4, -0.2) is 24.5 Å². The summed E-state index contributed by atoms with van der Waals surface area (Å²) in [7, 11) is -1.75. The van der Waals surface area contributed by atoms with Gasteiger partial charge in [0.25, 0.3) is 0 Å². The Balaban J connectivity index is 1.80. The van der Waals surface area contributed by atoms with Gasteiger partial charge in [0, 0.05) is 17.7 Å². The molecule has 1 aromatic heterocycles. The molecule has 0 N–H and O–H groups in total. The molecule has 1 aliphatic rings. The van der Waals surface area contributed by atoms with E-state index in [0.29, 0.717) is 12.0 Å². The zero-order valence-corrected chi connectivity index (χ0v) is 17.1. The van der Waals surface area contributed by atoms with Crippen molar-refractivity contribution >= 4 is 8.32 Å². The average molecular weight is 361 g/mol. The molecule has 0 unspecified atom stereocenters.